The zero-order chi connectivity index (χ0) is 16.7. The smallest absolute Gasteiger partial charge is 0.0655 e. The lowest BCUT2D eigenvalue weighted by Crippen LogP contribution is -2.29. The van der Waals surface area contributed by atoms with E-state index in [-0.39, 0.29) is 0 Å². The van der Waals surface area contributed by atoms with Gasteiger partial charge in [-0.25, -0.2) is 0 Å². The minimum absolute atomic E-state index is 0.377. The third kappa shape index (κ3) is 5.23. The standard InChI is InChI=1S/C20H33N.C2H6/c1-15-2-6-17(7-3-15)19-10-12-20(13-11-19)18-8-4-16(14-21)5-9-18;1-2/h15-20H,2-13H2,1H3;1-2H3. The molecule has 23 heavy (non-hydrogen) atoms. The van der Waals surface area contributed by atoms with Crippen LogP contribution in [-0.2, 0) is 0 Å². The highest BCUT2D eigenvalue weighted by Gasteiger charge is 2.34. The summed E-state index contributed by atoms with van der Waals surface area (Å²) in [7, 11) is 0. The monoisotopic (exact) mass is 317 g/mol. The molecule has 3 saturated carbocycles. The molecule has 0 spiro atoms. The van der Waals surface area contributed by atoms with Crippen molar-refractivity contribution in [2.24, 2.45) is 35.5 Å². The van der Waals surface area contributed by atoms with Crippen molar-refractivity contribution in [3.63, 3.8) is 0 Å². The Morgan fingerprint density at radius 2 is 0.870 bits per heavy atom. The molecule has 3 aliphatic carbocycles. The second-order valence-corrected chi connectivity index (χ2v) is 8.44. The SMILES string of the molecule is CC.CC1CCC(C2CCC(C3CCC(C#N)CC3)CC2)CC1. The number of hydrogen-bond acceptors (Lipinski definition) is 1. The molecular formula is C22H39N. The van der Waals surface area contributed by atoms with Crippen LogP contribution in [0.2, 0.25) is 0 Å². The largest absolute Gasteiger partial charge is 0.198 e. The van der Waals surface area contributed by atoms with Gasteiger partial charge in [-0.15, -0.1) is 0 Å². The zero-order valence-electron chi connectivity index (χ0n) is 15.9. The van der Waals surface area contributed by atoms with Crippen LogP contribution in [-0.4, -0.2) is 0 Å². The molecule has 0 N–H and O–H groups in total. The Morgan fingerprint density at radius 3 is 1.22 bits per heavy atom. The van der Waals surface area contributed by atoms with Crippen LogP contribution in [0.25, 0.3) is 0 Å². The molecule has 3 fully saturated rings. The van der Waals surface area contributed by atoms with E-state index in [1.807, 2.05) is 13.8 Å². The maximum absolute atomic E-state index is 9.04. The molecule has 3 aliphatic rings. The van der Waals surface area contributed by atoms with Crippen molar-refractivity contribution in [1.82, 2.24) is 0 Å². The summed E-state index contributed by atoms with van der Waals surface area (Å²) >= 11 is 0. The van der Waals surface area contributed by atoms with E-state index in [0.29, 0.717) is 5.92 Å². The van der Waals surface area contributed by atoms with Crippen LogP contribution in [0.4, 0.5) is 0 Å². The normalized spacial score (nSPS) is 41.3. The molecule has 0 saturated heterocycles. The van der Waals surface area contributed by atoms with Crippen LogP contribution in [0, 0.1) is 46.8 Å². The molecule has 1 nitrogen and oxygen atoms in total. The highest BCUT2D eigenvalue weighted by Crippen LogP contribution is 2.45. The van der Waals surface area contributed by atoms with Gasteiger partial charge in [0.2, 0.25) is 0 Å². The van der Waals surface area contributed by atoms with Crippen molar-refractivity contribution < 1.29 is 0 Å². The average Bonchev–Trinajstić information content (AvgIpc) is 2.64. The molecule has 0 radical (unpaired) electrons. The molecule has 0 aliphatic heterocycles. The highest BCUT2D eigenvalue weighted by molar-refractivity contribution is 4.90. The summed E-state index contributed by atoms with van der Waals surface area (Å²) < 4.78 is 0. The van der Waals surface area contributed by atoms with Gasteiger partial charge in [0.15, 0.2) is 0 Å². The fraction of sp³-hybridized carbons (Fsp3) is 0.955. The minimum Gasteiger partial charge on any atom is -0.198 e. The fourth-order valence-corrected chi connectivity index (χ4v) is 5.56. The second-order valence-electron chi connectivity index (χ2n) is 8.44. The van der Waals surface area contributed by atoms with E-state index in [2.05, 4.69) is 13.0 Å². The lowest BCUT2D eigenvalue weighted by Gasteiger charge is -2.40. The van der Waals surface area contributed by atoms with Gasteiger partial charge in [-0.05, 0) is 93.8 Å². The summed E-state index contributed by atoms with van der Waals surface area (Å²) in [5, 5.41) is 9.04. The zero-order valence-corrected chi connectivity index (χ0v) is 15.9. The number of rotatable bonds is 2. The van der Waals surface area contributed by atoms with E-state index in [0.717, 1.165) is 29.6 Å². The summed E-state index contributed by atoms with van der Waals surface area (Å²) in [5.74, 6) is 5.46. The molecule has 0 amide bonds. The van der Waals surface area contributed by atoms with Crippen molar-refractivity contribution in [2.45, 2.75) is 97.8 Å². The molecule has 0 aromatic carbocycles. The Kier molecular flexibility index (Phi) is 7.94. The first-order valence-corrected chi connectivity index (χ1v) is 10.7. The van der Waals surface area contributed by atoms with Crippen LogP contribution in [0.1, 0.15) is 97.8 Å². The third-order valence-corrected chi connectivity index (χ3v) is 7.16. The summed E-state index contributed by atoms with van der Waals surface area (Å²) in [6.45, 7) is 6.44. The van der Waals surface area contributed by atoms with Crippen LogP contribution in [0.15, 0.2) is 0 Å². The van der Waals surface area contributed by atoms with Gasteiger partial charge < -0.3 is 0 Å². The van der Waals surface area contributed by atoms with Gasteiger partial charge in [0.05, 0.1) is 6.07 Å². The Labute approximate surface area is 145 Å². The Balaban J connectivity index is 0.000000924. The van der Waals surface area contributed by atoms with E-state index in [4.69, 9.17) is 5.26 Å². The predicted molar refractivity (Wildman–Crippen MR) is 99.0 cm³/mol. The molecule has 3 rings (SSSR count). The fourth-order valence-electron chi connectivity index (χ4n) is 5.56. The molecule has 0 heterocycles. The summed E-state index contributed by atoms with van der Waals surface area (Å²) in [5.41, 5.74) is 0. The predicted octanol–water partition coefficient (Wildman–Crippen LogP) is 6.98. The Bertz CT molecular complexity index is 345. The van der Waals surface area contributed by atoms with Gasteiger partial charge in [0.25, 0.3) is 0 Å². The van der Waals surface area contributed by atoms with Gasteiger partial charge in [0.1, 0.15) is 0 Å². The van der Waals surface area contributed by atoms with Crippen molar-refractivity contribution >= 4 is 0 Å². The number of hydrogen-bond donors (Lipinski definition) is 0. The van der Waals surface area contributed by atoms with Gasteiger partial charge in [-0.1, -0.05) is 33.6 Å². The Hall–Kier alpha value is -0.510. The first-order chi connectivity index (χ1) is 11.3. The minimum atomic E-state index is 0.377. The maximum atomic E-state index is 9.04. The van der Waals surface area contributed by atoms with Crippen LogP contribution in [0.5, 0.6) is 0 Å². The van der Waals surface area contributed by atoms with Gasteiger partial charge in [-0.3, -0.25) is 0 Å². The molecule has 0 aromatic rings. The van der Waals surface area contributed by atoms with E-state index in [1.54, 1.807) is 0 Å². The molecule has 132 valence electrons. The molecule has 1 heteroatoms. The molecule has 0 aromatic heterocycles. The van der Waals surface area contributed by atoms with Crippen LogP contribution in [0.3, 0.4) is 0 Å². The first-order valence-electron chi connectivity index (χ1n) is 10.7. The quantitative estimate of drug-likeness (QED) is 0.539. The molecular weight excluding hydrogens is 278 g/mol. The number of nitrogens with zero attached hydrogens (tertiary/aromatic N) is 1. The summed E-state index contributed by atoms with van der Waals surface area (Å²) in [6, 6.07) is 2.48. The van der Waals surface area contributed by atoms with Crippen molar-refractivity contribution in [2.75, 3.05) is 0 Å². The lowest BCUT2D eigenvalue weighted by atomic mass is 9.65. The highest BCUT2D eigenvalue weighted by atomic mass is 14.4. The molecule has 0 bridgehead atoms. The topological polar surface area (TPSA) is 23.8 Å². The van der Waals surface area contributed by atoms with E-state index in [9.17, 15) is 0 Å². The van der Waals surface area contributed by atoms with Gasteiger partial charge in [0, 0.05) is 5.92 Å². The lowest BCUT2D eigenvalue weighted by molar-refractivity contribution is 0.111. The first kappa shape index (κ1) is 18.8. The van der Waals surface area contributed by atoms with Crippen molar-refractivity contribution in [3.05, 3.63) is 0 Å². The van der Waals surface area contributed by atoms with Crippen LogP contribution >= 0.6 is 0 Å². The molecule has 0 atom stereocenters. The van der Waals surface area contributed by atoms with Crippen molar-refractivity contribution in [3.8, 4) is 6.07 Å². The number of nitriles is 1. The maximum Gasteiger partial charge on any atom is 0.0655 e. The second kappa shape index (κ2) is 9.71. The van der Waals surface area contributed by atoms with E-state index >= 15 is 0 Å². The Morgan fingerprint density at radius 1 is 0.565 bits per heavy atom. The van der Waals surface area contributed by atoms with Gasteiger partial charge in [-0.2, -0.15) is 5.26 Å². The van der Waals surface area contributed by atoms with Crippen molar-refractivity contribution in [1.29, 1.82) is 5.26 Å². The van der Waals surface area contributed by atoms with Gasteiger partial charge >= 0.3 is 0 Å². The van der Waals surface area contributed by atoms with E-state index < -0.39 is 0 Å². The van der Waals surface area contributed by atoms with E-state index in [1.165, 1.54) is 77.0 Å². The average molecular weight is 318 g/mol. The third-order valence-electron chi connectivity index (χ3n) is 7.16. The summed E-state index contributed by atoms with van der Waals surface area (Å²) in [4.78, 5) is 0. The van der Waals surface area contributed by atoms with Crippen LogP contribution < -0.4 is 0 Å². The summed E-state index contributed by atoms with van der Waals surface area (Å²) in [6.07, 6.45) is 17.1. The molecule has 0 unspecified atom stereocenters.